The number of rotatable bonds is 4. The second-order valence-corrected chi connectivity index (χ2v) is 3.30. The summed E-state index contributed by atoms with van der Waals surface area (Å²) in [7, 11) is 0. The molecule has 0 aromatic carbocycles. The van der Waals surface area contributed by atoms with Crippen LogP contribution in [0.2, 0.25) is 5.02 Å². The molecule has 0 fully saturated rings. The summed E-state index contributed by atoms with van der Waals surface area (Å²) in [6, 6.07) is 4.01. The van der Waals surface area contributed by atoms with Crippen LogP contribution in [0.3, 0.4) is 0 Å². The fourth-order valence-electron chi connectivity index (χ4n) is 1.34. The molecule has 1 aromatic heterocycles. The first-order valence-electron chi connectivity index (χ1n) is 4.63. The van der Waals surface area contributed by atoms with Gasteiger partial charge in [-0.2, -0.15) is 0 Å². The predicted octanol–water partition coefficient (Wildman–Crippen LogP) is 2.80. The summed E-state index contributed by atoms with van der Waals surface area (Å²) in [5.41, 5.74) is 0.952. The average molecular weight is 199 g/mol. The fraction of sp³-hybridized carbons (Fsp3) is 0.500. The topological polar surface area (TPSA) is 24.9 Å². The molecule has 72 valence electrons. The Bertz CT molecular complexity index is 263. The van der Waals surface area contributed by atoms with Gasteiger partial charge in [0.15, 0.2) is 0 Å². The number of pyridine rings is 1. The highest BCUT2D eigenvalue weighted by atomic mass is 35.5. The molecule has 1 unspecified atom stereocenters. The standard InChI is InChI=1S/C10H15ClN2/c1-3-9(12-4-2)10-8(11)6-5-7-13-10/h5-7,9,12H,3-4H2,1-2H3. The molecule has 0 aliphatic rings. The Morgan fingerprint density at radius 2 is 2.31 bits per heavy atom. The maximum absolute atomic E-state index is 6.03. The molecule has 0 saturated carbocycles. The summed E-state index contributed by atoms with van der Waals surface area (Å²) in [5, 5.41) is 4.09. The van der Waals surface area contributed by atoms with Crippen molar-refractivity contribution in [3.63, 3.8) is 0 Å². The van der Waals surface area contributed by atoms with Crippen molar-refractivity contribution in [2.75, 3.05) is 6.54 Å². The van der Waals surface area contributed by atoms with Gasteiger partial charge < -0.3 is 5.32 Å². The van der Waals surface area contributed by atoms with Crippen molar-refractivity contribution < 1.29 is 0 Å². The van der Waals surface area contributed by atoms with Gasteiger partial charge in [-0.05, 0) is 25.1 Å². The monoisotopic (exact) mass is 198 g/mol. The van der Waals surface area contributed by atoms with E-state index >= 15 is 0 Å². The van der Waals surface area contributed by atoms with Crippen molar-refractivity contribution >= 4 is 11.6 Å². The van der Waals surface area contributed by atoms with E-state index in [1.807, 2.05) is 12.1 Å². The van der Waals surface area contributed by atoms with Crippen LogP contribution in [0.1, 0.15) is 32.0 Å². The normalized spacial score (nSPS) is 12.8. The number of hydrogen-bond acceptors (Lipinski definition) is 2. The van der Waals surface area contributed by atoms with Crippen molar-refractivity contribution in [1.82, 2.24) is 10.3 Å². The van der Waals surface area contributed by atoms with Crippen LogP contribution in [-0.4, -0.2) is 11.5 Å². The largest absolute Gasteiger partial charge is 0.309 e. The second kappa shape index (κ2) is 5.20. The Hall–Kier alpha value is -0.600. The van der Waals surface area contributed by atoms with Crippen LogP contribution in [-0.2, 0) is 0 Å². The van der Waals surface area contributed by atoms with Crippen LogP contribution < -0.4 is 5.32 Å². The van der Waals surface area contributed by atoms with Crippen LogP contribution in [0.4, 0.5) is 0 Å². The molecule has 1 N–H and O–H groups in total. The zero-order chi connectivity index (χ0) is 9.68. The third kappa shape index (κ3) is 2.68. The van der Waals surface area contributed by atoms with Crippen LogP contribution in [0.15, 0.2) is 18.3 Å². The molecule has 1 heterocycles. The molecule has 0 radical (unpaired) electrons. The lowest BCUT2D eigenvalue weighted by molar-refractivity contribution is 0.525. The van der Waals surface area contributed by atoms with Crippen molar-refractivity contribution in [3.05, 3.63) is 29.0 Å². The number of nitrogens with zero attached hydrogens (tertiary/aromatic N) is 1. The zero-order valence-corrected chi connectivity index (χ0v) is 8.80. The first-order chi connectivity index (χ1) is 6.29. The van der Waals surface area contributed by atoms with Gasteiger partial charge in [-0.25, -0.2) is 0 Å². The molecule has 13 heavy (non-hydrogen) atoms. The Morgan fingerprint density at radius 1 is 1.54 bits per heavy atom. The van der Waals surface area contributed by atoms with Crippen molar-refractivity contribution in [1.29, 1.82) is 0 Å². The number of aromatic nitrogens is 1. The fourth-order valence-corrected chi connectivity index (χ4v) is 1.59. The summed E-state index contributed by atoms with van der Waals surface area (Å²) >= 11 is 6.03. The zero-order valence-electron chi connectivity index (χ0n) is 8.05. The number of halogens is 1. The summed E-state index contributed by atoms with van der Waals surface area (Å²) < 4.78 is 0. The minimum Gasteiger partial charge on any atom is -0.309 e. The SMILES string of the molecule is CCNC(CC)c1ncccc1Cl. The third-order valence-corrected chi connectivity index (χ3v) is 2.30. The predicted molar refractivity (Wildman–Crippen MR) is 56.0 cm³/mol. The Kier molecular flexibility index (Phi) is 4.19. The van der Waals surface area contributed by atoms with E-state index in [2.05, 4.69) is 24.1 Å². The van der Waals surface area contributed by atoms with E-state index in [0.29, 0.717) is 0 Å². The molecular weight excluding hydrogens is 184 g/mol. The number of nitrogens with one attached hydrogen (secondary N) is 1. The Morgan fingerprint density at radius 3 is 2.85 bits per heavy atom. The minimum absolute atomic E-state index is 0.277. The molecule has 1 rings (SSSR count). The number of hydrogen-bond donors (Lipinski definition) is 1. The van der Waals surface area contributed by atoms with Gasteiger partial charge in [0.2, 0.25) is 0 Å². The third-order valence-electron chi connectivity index (χ3n) is 1.98. The van der Waals surface area contributed by atoms with Crippen molar-refractivity contribution in [2.24, 2.45) is 0 Å². The van der Waals surface area contributed by atoms with Gasteiger partial charge in [0, 0.05) is 6.20 Å². The van der Waals surface area contributed by atoms with Crippen LogP contribution in [0.25, 0.3) is 0 Å². The average Bonchev–Trinajstić information content (AvgIpc) is 2.16. The maximum Gasteiger partial charge on any atom is 0.0758 e. The highest BCUT2D eigenvalue weighted by Gasteiger charge is 2.11. The molecule has 0 amide bonds. The van der Waals surface area contributed by atoms with E-state index in [1.165, 1.54) is 0 Å². The van der Waals surface area contributed by atoms with Crippen molar-refractivity contribution in [2.45, 2.75) is 26.3 Å². The quantitative estimate of drug-likeness (QED) is 0.805. The molecule has 0 spiro atoms. The Labute approximate surface area is 84.3 Å². The molecule has 2 nitrogen and oxygen atoms in total. The van der Waals surface area contributed by atoms with Gasteiger partial charge in [-0.15, -0.1) is 0 Å². The highest BCUT2D eigenvalue weighted by molar-refractivity contribution is 6.31. The highest BCUT2D eigenvalue weighted by Crippen LogP contribution is 2.21. The lowest BCUT2D eigenvalue weighted by atomic mass is 10.1. The summed E-state index contributed by atoms with van der Waals surface area (Å²) in [6.45, 7) is 5.14. The van der Waals surface area contributed by atoms with Crippen LogP contribution in [0, 0.1) is 0 Å². The lowest BCUT2D eigenvalue weighted by Crippen LogP contribution is -2.21. The maximum atomic E-state index is 6.03. The van der Waals surface area contributed by atoms with E-state index in [-0.39, 0.29) is 6.04 Å². The van der Waals surface area contributed by atoms with Gasteiger partial charge in [-0.3, -0.25) is 4.98 Å². The van der Waals surface area contributed by atoms with E-state index in [0.717, 1.165) is 23.7 Å². The van der Waals surface area contributed by atoms with E-state index in [1.54, 1.807) is 6.20 Å². The lowest BCUT2D eigenvalue weighted by Gasteiger charge is -2.15. The summed E-state index contributed by atoms with van der Waals surface area (Å²) in [4.78, 5) is 4.27. The van der Waals surface area contributed by atoms with Gasteiger partial charge in [0.05, 0.1) is 16.8 Å². The smallest absolute Gasteiger partial charge is 0.0758 e. The van der Waals surface area contributed by atoms with E-state index in [4.69, 9.17) is 11.6 Å². The van der Waals surface area contributed by atoms with Gasteiger partial charge in [-0.1, -0.05) is 25.4 Å². The molecule has 0 bridgehead atoms. The molecule has 0 aliphatic heterocycles. The molecule has 1 aromatic rings. The van der Waals surface area contributed by atoms with E-state index in [9.17, 15) is 0 Å². The van der Waals surface area contributed by atoms with Gasteiger partial charge in [0.1, 0.15) is 0 Å². The first-order valence-corrected chi connectivity index (χ1v) is 5.01. The van der Waals surface area contributed by atoms with Crippen LogP contribution in [0.5, 0.6) is 0 Å². The van der Waals surface area contributed by atoms with E-state index < -0.39 is 0 Å². The second-order valence-electron chi connectivity index (χ2n) is 2.89. The molecule has 1 atom stereocenters. The van der Waals surface area contributed by atoms with Gasteiger partial charge >= 0.3 is 0 Å². The molecular formula is C10H15ClN2. The Balaban J connectivity index is 2.84. The van der Waals surface area contributed by atoms with Gasteiger partial charge in [0.25, 0.3) is 0 Å². The molecule has 0 aliphatic carbocycles. The van der Waals surface area contributed by atoms with Crippen molar-refractivity contribution in [3.8, 4) is 0 Å². The van der Waals surface area contributed by atoms with Crippen LogP contribution >= 0.6 is 11.6 Å². The minimum atomic E-state index is 0.277. The summed E-state index contributed by atoms with van der Waals surface area (Å²) in [6.07, 6.45) is 2.78. The summed E-state index contributed by atoms with van der Waals surface area (Å²) in [5.74, 6) is 0. The molecule has 3 heteroatoms. The molecule has 0 saturated heterocycles. The first kappa shape index (κ1) is 10.5.